The first-order chi connectivity index (χ1) is 17.9. The lowest BCUT2D eigenvalue weighted by Crippen LogP contribution is -2.28. The van der Waals surface area contributed by atoms with Gasteiger partial charge in [0.25, 0.3) is 11.8 Å². The second kappa shape index (κ2) is 10.5. The van der Waals surface area contributed by atoms with E-state index in [4.69, 9.17) is 0 Å². The Kier molecular flexibility index (Phi) is 7.39. The van der Waals surface area contributed by atoms with E-state index in [9.17, 15) is 36.3 Å². The molecule has 0 radical (unpaired) electrons. The minimum atomic E-state index is -5.12. The molecule has 2 amide bonds. The van der Waals surface area contributed by atoms with Crippen LogP contribution in [0.1, 0.15) is 48.0 Å². The number of hydrogen-bond acceptors (Lipinski definition) is 7. The maximum atomic E-state index is 14.2. The van der Waals surface area contributed by atoms with E-state index >= 15 is 0 Å². The molecule has 0 aliphatic carbocycles. The van der Waals surface area contributed by atoms with E-state index in [2.05, 4.69) is 25.5 Å². The summed E-state index contributed by atoms with van der Waals surface area (Å²) in [6, 6.07) is 6.97. The van der Waals surface area contributed by atoms with Gasteiger partial charge in [0.15, 0.2) is 28.8 Å². The van der Waals surface area contributed by atoms with Gasteiger partial charge in [0.05, 0.1) is 17.6 Å². The zero-order valence-corrected chi connectivity index (χ0v) is 20.0. The number of halogens is 5. The van der Waals surface area contributed by atoms with Crippen molar-refractivity contribution in [3.8, 4) is 5.75 Å². The number of nitrogens with zero attached hydrogens (tertiary/aromatic N) is 3. The average Bonchev–Trinajstić information content (AvgIpc) is 3.48. The molecular formula is C23H16F5N5O4S. The van der Waals surface area contributed by atoms with Crippen molar-refractivity contribution in [3.63, 3.8) is 0 Å². The van der Waals surface area contributed by atoms with Crippen LogP contribution in [0.2, 0.25) is 0 Å². The Labute approximate surface area is 214 Å². The number of ether oxygens (including phenoxy) is 1. The van der Waals surface area contributed by atoms with E-state index in [1.165, 1.54) is 18.3 Å². The van der Waals surface area contributed by atoms with Crippen LogP contribution >= 0.6 is 11.3 Å². The molecule has 0 fully saturated rings. The Balaban J connectivity index is 1.52. The van der Waals surface area contributed by atoms with Crippen LogP contribution in [-0.4, -0.2) is 38.6 Å². The van der Waals surface area contributed by atoms with Gasteiger partial charge >= 0.3 is 6.36 Å². The highest BCUT2D eigenvalue weighted by Crippen LogP contribution is 2.26. The van der Waals surface area contributed by atoms with Crippen LogP contribution in [0, 0.1) is 11.6 Å². The smallest absolute Gasteiger partial charge is 0.403 e. The lowest BCUT2D eigenvalue weighted by molar-refractivity contribution is -0.275. The molecular weight excluding hydrogens is 537 g/mol. The largest absolute Gasteiger partial charge is 0.573 e. The summed E-state index contributed by atoms with van der Waals surface area (Å²) in [5, 5.41) is 8.73. The number of thiophene rings is 1. The van der Waals surface area contributed by atoms with Gasteiger partial charge < -0.3 is 15.4 Å². The Hall–Kier alpha value is -4.40. The molecule has 0 bridgehead atoms. The number of nitrogens with one attached hydrogen (secondary N) is 2. The Morgan fingerprint density at radius 2 is 1.74 bits per heavy atom. The minimum Gasteiger partial charge on any atom is -0.403 e. The molecule has 38 heavy (non-hydrogen) atoms. The maximum absolute atomic E-state index is 14.2. The predicted octanol–water partition coefficient (Wildman–Crippen LogP) is 4.03. The third-order valence-electron chi connectivity index (χ3n) is 5.00. The van der Waals surface area contributed by atoms with E-state index in [1.807, 2.05) is 0 Å². The molecule has 0 spiro atoms. The first kappa shape index (κ1) is 26.7. The molecule has 1 aromatic carbocycles. The number of alkyl halides is 3. The molecule has 0 aliphatic rings. The number of amides is 2. The molecule has 2 N–H and O–H groups in total. The fraction of sp³-hybridized carbons (Fsp3) is 0.174. The van der Waals surface area contributed by atoms with E-state index in [0.717, 1.165) is 35.0 Å². The summed E-state index contributed by atoms with van der Waals surface area (Å²) in [6.45, 7) is 1.09. The predicted molar refractivity (Wildman–Crippen MR) is 123 cm³/mol. The van der Waals surface area contributed by atoms with Crippen LogP contribution in [0.15, 0.2) is 42.6 Å². The lowest BCUT2D eigenvalue weighted by Gasteiger charge is -2.12. The van der Waals surface area contributed by atoms with Gasteiger partial charge in [-0.3, -0.25) is 14.4 Å². The second-order valence-corrected chi connectivity index (χ2v) is 8.92. The topological polar surface area (TPSA) is 115 Å². The van der Waals surface area contributed by atoms with Crippen molar-refractivity contribution in [2.45, 2.75) is 26.4 Å². The summed E-state index contributed by atoms with van der Waals surface area (Å²) < 4.78 is 69.8. The van der Waals surface area contributed by atoms with E-state index in [-0.39, 0.29) is 35.8 Å². The maximum Gasteiger partial charge on any atom is 0.573 e. The molecule has 4 aromatic rings. The average molecular weight is 553 g/mol. The summed E-state index contributed by atoms with van der Waals surface area (Å²) >= 11 is 1.19. The van der Waals surface area contributed by atoms with Crippen molar-refractivity contribution >= 4 is 34.6 Å². The Morgan fingerprint density at radius 1 is 1.00 bits per heavy atom. The third kappa shape index (κ3) is 6.11. The van der Waals surface area contributed by atoms with Gasteiger partial charge in [0.1, 0.15) is 11.4 Å². The number of carbonyl (C=O) groups is 3. The highest BCUT2D eigenvalue weighted by molar-refractivity contribution is 7.14. The standard InChI is InChI=1S/C23H16F5N5O4S/c1-11(34)19-5-3-13(38-19)9-30-22(36)17-7-16(32-20-15(25)10-31-33(17)20)21(35)29-8-12-2-4-14(24)18(6-12)37-23(26,27)28/h2-7,10H,8-9H2,1H3,(H,29,35)(H,30,36). The number of rotatable bonds is 8. The van der Waals surface area contributed by atoms with Gasteiger partial charge in [-0.25, -0.2) is 18.3 Å². The quantitative estimate of drug-likeness (QED) is 0.252. The lowest BCUT2D eigenvalue weighted by atomic mass is 10.2. The Bertz CT molecular complexity index is 1550. The number of carbonyl (C=O) groups excluding carboxylic acids is 3. The molecule has 15 heteroatoms. The summed E-state index contributed by atoms with van der Waals surface area (Å²) in [7, 11) is 0. The van der Waals surface area contributed by atoms with E-state index < -0.39 is 41.2 Å². The molecule has 0 unspecified atom stereocenters. The van der Waals surface area contributed by atoms with Gasteiger partial charge in [-0.1, -0.05) is 6.07 Å². The van der Waals surface area contributed by atoms with E-state index in [0.29, 0.717) is 9.75 Å². The Morgan fingerprint density at radius 3 is 2.42 bits per heavy atom. The molecule has 0 saturated heterocycles. The molecule has 198 valence electrons. The number of ketones is 1. The molecule has 9 nitrogen and oxygen atoms in total. The van der Waals surface area contributed by atoms with Crippen molar-refractivity contribution in [2.75, 3.05) is 0 Å². The number of aromatic nitrogens is 3. The third-order valence-corrected chi connectivity index (χ3v) is 6.19. The molecule has 3 aromatic heterocycles. The number of Topliss-reactive ketones (excluding diaryl/α,β-unsaturated/α-hetero) is 1. The van der Waals surface area contributed by atoms with E-state index in [1.54, 1.807) is 12.1 Å². The van der Waals surface area contributed by atoms with Crippen LogP contribution in [-0.2, 0) is 13.1 Å². The molecule has 0 saturated carbocycles. The van der Waals surface area contributed by atoms with Gasteiger partial charge in [0.2, 0.25) is 0 Å². The molecule has 3 heterocycles. The highest BCUT2D eigenvalue weighted by atomic mass is 32.1. The van der Waals surface area contributed by atoms with Crippen molar-refractivity contribution in [2.24, 2.45) is 0 Å². The summed E-state index contributed by atoms with van der Waals surface area (Å²) in [6.07, 6.45) is -4.31. The fourth-order valence-electron chi connectivity index (χ4n) is 3.27. The van der Waals surface area contributed by atoms with Crippen molar-refractivity contribution in [1.82, 2.24) is 25.2 Å². The van der Waals surface area contributed by atoms with Crippen LogP contribution in [0.5, 0.6) is 5.75 Å². The molecule has 0 aliphatic heterocycles. The van der Waals surface area contributed by atoms with Crippen LogP contribution in [0.4, 0.5) is 22.0 Å². The monoisotopic (exact) mass is 553 g/mol. The summed E-state index contributed by atoms with van der Waals surface area (Å²) in [4.78, 5) is 42.1. The van der Waals surface area contributed by atoms with Crippen LogP contribution in [0.3, 0.4) is 0 Å². The second-order valence-electron chi connectivity index (χ2n) is 7.75. The summed E-state index contributed by atoms with van der Waals surface area (Å²) in [5.41, 5.74) is -0.962. The highest BCUT2D eigenvalue weighted by Gasteiger charge is 2.32. The summed E-state index contributed by atoms with van der Waals surface area (Å²) in [5.74, 6) is -4.99. The van der Waals surface area contributed by atoms with Gasteiger partial charge in [-0.15, -0.1) is 24.5 Å². The van der Waals surface area contributed by atoms with Crippen molar-refractivity contribution in [1.29, 1.82) is 0 Å². The van der Waals surface area contributed by atoms with Crippen molar-refractivity contribution in [3.05, 3.63) is 80.9 Å². The minimum absolute atomic E-state index is 0.0404. The van der Waals surface area contributed by atoms with Crippen LogP contribution in [0.25, 0.3) is 5.65 Å². The van der Waals surface area contributed by atoms with Gasteiger partial charge in [-0.2, -0.15) is 5.10 Å². The molecule has 0 atom stereocenters. The number of hydrogen-bond donors (Lipinski definition) is 2. The first-order valence-corrected chi connectivity index (χ1v) is 11.5. The molecule has 4 rings (SSSR count). The number of fused-ring (bicyclic) bond motifs is 1. The fourth-order valence-corrected chi connectivity index (χ4v) is 4.11. The van der Waals surface area contributed by atoms with Crippen LogP contribution < -0.4 is 15.4 Å². The van der Waals surface area contributed by atoms with Crippen molar-refractivity contribution < 1.29 is 41.1 Å². The zero-order valence-electron chi connectivity index (χ0n) is 19.2. The number of benzene rings is 1. The first-order valence-electron chi connectivity index (χ1n) is 10.7. The van der Waals surface area contributed by atoms with Gasteiger partial charge in [-0.05, 0) is 36.8 Å². The van der Waals surface area contributed by atoms with Gasteiger partial charge in [0, 0.05) is 17.5 Å². The normalized spacial score (nSPS) is 11.4. The SMILES string of the molecule is CC(=O)c1ccc(CNC(=O)c2cc(C(=O)NCc3ccc(F)c(OC(F)(F)F)c3)nc3c(F)cnn23)s1. The zero-order chi connectivity index (χ0) is 27.6.